The second-order valence-corrected chi connectivity index (χ2v) is 7.89. The number of amides is 1. The lowest BCUT2D eigenvalue weighted by Crippen LogP contribution is -2.44. The number of aromatic nitrogens is 3. The summed E-state index contributed by atoms with van der Waals surface area (Å²) in [4.78, 5) is 19.1. The molecule has 1 unspecified atom stereocenters. The van der Waals surface area contributed by atoms with E-state index in [1.54, 1.807) is 11.7 Å². The number of anilines is 2. The van der Waals surface area contributed by atoms with E-state index in [0.717, 1.165) is 31.7 Å². The smallest absolute Gasteiger partial charge is 0.259 e. The molecule has 1 N–H and O–H groups in total. The highest BCUT2D eigenvalue weighted by molar-refractivity contribution is 7.13. The molecule has 138 valence electrons. The SMILES string of the molecule is CC1(c2ccccc2)CCCN(c2ccc(C(=O)Nc3nncs3)cn2)C1. The number of pyridine rings is 1. The Balaban J connectivity index is 1.48. The minimum absolute atomic E-state index is 0.106. The van der Waals surface area contributed by atoms with Gasteiger partial charge in [-0.3, -0.25) is 10.1 Å². The van der Waals surface area contributed by atoms with Crippen LogP contribution in [0.25, 0.3) is 0 Å². The van der Waals surface area contributed by atoms with E-state index in [1.165, 1.54) is 16.9 Å². The normalized spacial score (nSPS) is 19.7. The monoisotopic (exact) mass is 379 g/mol. The lowest BCUT2D eigenvalue weighted by atomic mass is 9.76. The van der Waals surface area contributed by atoms with Crippen molar-refractivity contribution in [3.8, 4) is 0 Å². The average molecular weight is 379 g/mol. The Morgan fingerprint density at radius 1 is 1.22 bits per heavy atom. The number of benzene rings is 1. The molecule has 1 fully saturated rings. The summed E-state index contributed by atoms with van der Waals surface area (Å²) >= 11 is 1.29. The first kappa shape index (κ1) is 17.6. The third-order valence-corrected chi connectivity index (χ3v) is 5.69. The predicted octanol–water partition coefficient (Wildman–Crippen LogP) is 3.74. The molecule has 1 aliphatic rings. The molecule has 0 bridgehead atoms. The molecule has 2 aromatic heterocycles. The van der Waals surface area contributed by atoms with Gasteiger partial charge in [-0.25, -0.2) is 4.98 Å². The van der Waals surface area contributed by atoms with Gasteiger partial charge >= 0.3 is 0 Å². The van der Waals surface area contributed by atoms with Crippen LogP contribution in [0, 0.1) is 0 Å². The lowest BCUT2D eigenvalue weighted by Gasteiger charge is -2.41. The number of rotatable bonds is 4. The summed E-state index contributed by atoms with van der Waals surface area (Å²) in [6.07, 6.45) is 3.91. The maximum absolute atomic E-state index is 12.3. The number of nitrogens with one attached hydrogen (secondary N) is 1. The van der Waals surface area contributed by atoms with E-state index >= 15 is 0 Å². The molecule has 1 aliphatic heterocycles. The van der Waals surface area contributed by atoms with Gasteiger partial charge in [-0.15, -0.1) is 10.2 Å². The third-order valence-electron chi connectivity index (χ3n) is 5.08. The van der Waals surface area contributed by atoms with Crippen LogP contribution < -0.4 is 10.2 Å². The number of carbonyl (C=O) groups is 1. The minimum atomic E-state index is -0.224. The van der Waals surface area contributed by atoms with Crippen molar-refractivity contribution in [2.45, 2.75) is 25.2 Å². The summed E-state index contributed by atoms with van der Waals surface area (Å²) < 4.78 is 0. The van der Waals surface area contributed by atoms with E-state index in [1.807, 2.05) is 12.1 Å². The zero-order valence-electron chi connectivity index (χ0n) is 15.1. The average Bonchev–Trinajstić information content (AvgIpc) is 3.22. The molecule has 1 atom stereocenters. The van der Waals surface area contributed by atoms with Gasteiger partial charge in [0.25, 0.3) is 5.91 Å². The predicted molar refractivity (Wildman–Crippen MR) is 107 cm³/mol. The number of nitrogens with zero attached hydrogens (tertiary/aromatic N) is 4. The van der Waals surface area contributed by atoms with Crippen molar-refractivity contribution < 1.29 is 4.79 Å². The molecule has 1 aromatic carbocycles. The van der Waals surface area contributed by atoms with E-state index in [-0.39, 0.29) is 11.3 Å². The second-order valence-electron chi connectivity index (χ2n) is 7.05. The molecule has 6 nitrogen and oxygen atoms in total. The van der Waals surface area contributed by atoms with Crippen LogP contribution in [0.5, 0.6) is 0 Å². The van der Waals surface area contributed by atoms with Gasteiger partial charge in [-0.2, -0.15) is 0 Å². The fourth-order valence-corrected chi connectivity index (χ4v) is 4.06. The molecule has 1 saturated heterocycles. The summed E-state index contributed by atoms with van der Waals surface area (Å²) in [5, 5.41) is 10.7. The van der Waals surface area contributed by atoms with Gasteiger partial charge in [0, 0.05) is 24.7 Å². The molecule has 4 rings (SSSR count). The maximum Gasteiger partial charge on any atom is 0.259 e. The number of hydrogen-bond donors (Lipinski definition) is 1. The first-order chi connectivity index (χ1) is 13.1. The highest BCUT2D eigenvalue weighted by Crippen LogP contribution is 2.35. The molecule has 0 spiro atoms. The van der Waals surface area contributed by atoms with Crippen molar-refractivity contribution in [2.75, 3.05) is 23.3 Å². The molecule has 7 heteroatoms. The van der Waals surface area contributed by atoms with E-state index in [9.17, 15) is 4.79 Å². The van der Waals surface area contributed by atoms with Crippen molar-refractivity contribution in [3.05, 3.63) is 65.3 Å². The van der Waals surface area contributed by atoms with Crippen molar-refractivity contribution in [3.63, 3.8) is 0 Å². The van der Waals surface area contributed by atoms with Crippen LogP contribution in [0.2, 0.25) is 0 Å². The summed E-state index contributed by atoms with van der Waals surface area (Å²) in [5.74, 6) is 0.683. The van der Waals surface area contributed by atoms with E-state index < -0.39 is 0 Å². The second kappa shape index (κ2) is 7.44. The fourth-order valence-electron chi connectivity index (χ4n) is 3.62. The Kier molecular flexibility index (Phi) is 4.85. The van der Waals surface area contributed by atoms with Crippen molar-refractivity contribution >= 4 is 28.2 Å². The molecular weight excluding hydrogens is 358 g/mol. The van der Waals surface area contributed by atoms with Gasteiger partial charge in [0.05, 0.1) is 5.56 Å². The zero-order valence-corrected chi connectivity index (χ0v) is 15.9. The Hall–Kier alpha value is -2.80. The Bertz CT molecular complexity index is 898. The maximum atomic E-state index is 12.3. The van der Waals surface area contributed by atoms with Gasteiger partial charge in [0.1, 0.15) is 11.3 Å². The zero-order chi connectivity index (χ0) is 18.7. The van der Waals surface area contributed by atoms with Crippen LogP contribution >= 0.6 is 11.3 Å². The molecule has 0 radical (unpaired) electrons. The van der Waals surface area contributed by atoms with Crippen molar-refractivity contribution in [1.82, 2.24) is 15.2 Å². The van der Waals surface area contributed by atoms with Crippen molar-refractivity contribution in [2.24, 2.45) is 0 Å². The van der Waals surface area contributed by atoms with Gasteiger partial charge in [0.15, 0.2) is 0 Å². The van der Waals surface area contributed by atoms with Crippen molar-refractivity contribution in [1.29, 1.82) is 0 Å². The largest absolute Gasteiger partial charge is 0.356 e. The molecule has 3 aromatic rings. The molecule has 1 amide bonds. The first-order valence-corrected chi connectivity index (χ1v) is 9.86. The lowest BCUT2D eigenvalue weighted by molar-refractivity contribution is 0.102. The number of hydrogen-bond acceptors (Lipinski definition) is 6. The molecule has 0 saturated carbocycles. The molecule has 0 aliphatic carbocycles. The summed E-state index contributed by atoms with van der Waals surface area (Å²) in [7, 11) is 0. The molecule has 27 heavy (non-hydrogen) atoms. The minimum Gasteiger partial charge on any atom is -0.356 e. The topological polar surface area (TPSA) is 71.0 Å². The van der Waals surface area contributed by atoms with Crippen LogP contribution in [-0.2, 0) is 5.41 Å². The summed E-state index contributed by atoms with van der Waals surface area (Å²) in [6.45, 7) is 4.21. The van der Waals surface area contributed by atoms with Gasteiger partial charge in [-0.1, -0.05) is 48.6 Å². The summed E-state index contributed by atoms with van der Waals surface area (Å²) in [6, 6.07) is 14.4. The van der Waals surface area contributed by atoms with E-state index in [0.29, 0.717) is 10.7 Å². The molecule has 3 heterocycles. The van der Waals surface area contributed by atoms with Crippen LogP contribution in [-0.4, -0.2) is 34.2 Å². The Labute approximate surface area is 162 Å². The van der Waals surface area contributed by atoms with E-state index in [2.05, 4.69) is 62.7 Å². The highest BCUT2D eigenvalue weighted by atomic mass is 32.1. The Morgan fingerprint density at radius 2 is 2.07 bits per heavy atom. The van der Waals surface area contributed by atoms with Crippen LogP contribution in [0.15, 0.2) is 54.2 Å². The van der Waals surface area contributed by atoms with Gasteiger partial charge in [0.2, 0.25) is 5.13 Å². The van der Waals surface area contributed by atoms with E-state index in [4.69, 9.17) is 0 Å². The fraction of sp³-hybridized carbons (Fsp3) is 0.300. The highest BCUT2D eigenvalue weighted by Gasteiger charge is 2.33. The first-order valence-electron chi connectivity index (χ1n) is 8.98. The number of piperidine rings is 1. The van der Waals surface area contributed by atoms with Crippen LogP contribution in [0.3, 0.4) is 0 Å². The van der Waals surface area contributed by atoms with Crippen LogP contribution in [0.4, 0.5) is 10.9 Å². The van der Waals surface area contributed by atoms with Gasteiger partial charge in [-0.05, 0) is 30.5 Å². The quantitative estimate of drug-likeness (QED) is 0.748. The van der Waals surface area contributed by atoms with Crippen LogP contribution in [0.1, 0.15) is 35.7 Å². The standard InChI is InChI=1S/C20H21N5OS/c1-20(16-6-3-2-4-7-16)10-5-11-25(13-20)17-9-8-15(12-21-17)18(26)23-19-24-22-14-27-19/h2-4,6-9,12,14H,5,10-11,13H2,1H3,(H,23,24,26). The summed E-state index contributed by atoms with van der Waals surface area (Å²) in [5.41, 5.74) is 3.56. The number of carbonyl (C=O) groups excluding carboxylic acids is 1. The molecular formula is C20H21N5OS. The third kappa shape index (κ3) is 3.83. The Morgan fingerprint density at radius 3 is 2.78 bits per heavy atom. The van der Waals surface area contributed by atoms with Gasteiger partial charge < -0.3 is 4.90 Å².